The molecule has 0 aliphatic heterocycles. The summed E-state index contributed by atoms with van der Waals surface area (Å²) in [5.74, 6) is -1.07. The Labute approximate surface area is 98.6 Å². The van der Waals surface area contributed by atoms with Crippen LogP contribution in [0.4, 0.5) is 0 Å². The lowest BCUT2D eigenvalue weighted by Crippen LogP contribution is -2.17. The zero-order chi connectivity index (χ0) is 12.6. The van der Waals surface area contributed by atoms with Gasteiger partial charge in [0.1, 0.15) is 0 Å². The maximum Gasteiger partial charge on any atom is 0.354 e. The monoisotopic (exact) mass is 256 g/mol. The Hall–Kier alpha value is -1.50. The van der Waals surface area contributed by atoms with Crippen molar-refractivity contribution in [3.8, 4) is 0 Å². The van der Waals surface area contributed by atoms with Crippen molar-refractivity contribution in [2.75, 3.05) is 6.26 Å². The second-order valence-corrected chi connectivity index (χ2v) is 6.08. The summed E-state index contributed by atoms with van der Waals surface area (Å²) in [5, 5.41) is 8.48. The molecule has 1 aliphatic rings. The lowest BCUT2D eigenvalue weighted by Gasteiger charge is -2.24. The molecule has 1 saturated carbocycles. The van der Waals surface area contributed by atoms with Gasteiger partial charge in [-0.15, -0.1) is 0 Å². The molecule has 1 heterocycles. The van der Waals surface area contributed by atoms with Gasteiger partial charge >= 0.3 is 5.97 Å². The zero-order valence-electron chi connectivity index (χ0n) is 9.25. The van der Waals surface area contributed by atoms with Crippen molar-refractivity contribution >= 4 is 15.8 Å². The number of carboxylic acids is 1. The maximum absolute atomic E-state index is 11.4. The van der Waals surface area contributed by atoms with Crippen molar-refractivity contribution in [3.05, 3.63) is 17.5 Å². The lowest BCUT2D eigenvalue weighted by atomic mass is 9.83. The number of carbonyl (C=O) groups is 1. The van der Waals surface area contributed by atoms with Crippen molar-refractivity contribution in [3.63, 3.8) is 0 Å². The minimum absolute atomic E-state index is 0.164. The highest BCUT2D eigenvalue weighted by molar-refractivity contribution is 7.90. The molecule has 1 aromatic rings. The number of hydrogen-bond acceptors (Lipinski definition) is 5. The molecule has 0 radical (unpaired) electrons. The van der Waals surface area contributed by atoms with Gasteiger partial charge < -0.3 is 5.11 Å². The second-order valence-electron chi connectivity index (χ2n) is 4.17. The summed E-state index contributed by atoms with van der Waals surface area (Å²) in [6.45, 7) is 0. The van der Waals surface area contributed by atoms with Crippen LogP contribution in [0, 0.1) is 0 Å². The molecule has 0 bridgehead atoms. The average molecular weight is 256 g/mol. The maximum atomic E-state index is 11.4. The first kappa shape index (κ1) is 12.0. The van der Waals surface area contributed by atoms with Gasteiger partial charge in [0, 0.05) is 17.9 Å². The molecule has 17 heavy (non-hydrogen) atoms. The molecule has 0 spiro atoms. The number of rotatable bonds is 3. The van der Waals surface area contributed by atoms with Crippen molar-refractivity contribution in [2.45, 2.75) is 30.3 Å². The number of aromatic carboxylic acids is 1. The van der Waals surface area contributed by atoms with Crippen molar-refractivity contribution in [2.24, 2.45) is 0 Å². The minimum atomic E-state index is -3.58. The Morgan fingerprint density at radius 3 is 2.47 bits per heavy atom. The molecule has 0 unspecified atom stereocenters. The van der Waals surface area contributed by atoms with Crippen LogP contribution in [-0.4, -0.2) is 35.7 Å². The van der Waals surface area contributed by atoms with E-state index in [0.717, 1.165) is 25.5 Å². The van der Waals surface area contributed by atoms with E-state index >= 15 is 0 Å². The Kier molecular flexibility index (Phi) is 2.86. The topological polar surface area (TPSA) is 97.2 Å². The van der Waals surface area contributed by atoms with E-state index in [1.54, 1.807) is 0 Å². The quantitative estimate of drug-likeness (QED) is 0.805. The first-order valence-electron chi connectivity index (χ1n) is 5.20. The summed E-state index contributed by atoms with van der Waals surface area (Å²) in [6, 6.07) is 1.36. The second kappa shape index (κ2) is 4.06. The van der Waals surface area contributed by atoms with E-state index in [1.165, 1.54) is 6.07 Å². The summed E-state index contributed by atoms with van der Waals surface area (Å²) in [4.78, 5) is 18.4. The van der Waals surface area contributed by atoms with Crippen LogP contribution >= 0.6 is 0 Å². The third-order valence-electron chi connectivity index (χ3n) is 2.80. The van der Waals surface area contributed by atoms with Gasteiger partial charge in [-0.3, -0.25) is 0 Å². The molecule has 1 fully saturated rings. The predicted molar refractivity (Wildman–Crippen MR) is 58.7 cm³/mol. The molecule has 2 rings (SSSR count). The van der Waals surface area contributed by atoms with Gasteiger partial charge in [0.15, 0.2) is 5.69 Å². The fourth-order valence-corrected chi connectivity index (χ4v) is 2.17. The van der Waals surface area contributed by atoms with Gasteiger partial charge in [0.05, 0.1) is 0 Å². The molecule has 1 aromatic heterocycles. The van der Waals surface area contributed by atoms with Gasteiger partial charge in [-0.25, -0.2) is 23.2 Å². The molecule has 0 atom stereocenters. The Balaban J connectivity index is 2.53. The molecular weight excluding hydrogens is 244 g/mol. The standard InChI is InChI=1S/C10H12N2O4S/c1-17(15,16)10-11-7(6-3-2-4-6)5-8(12-10)9(13)14/h5-6H,2-4H2,1H3,(H,13,14). The summed E-state index contributed by atoms with van der Waals surface area (Å²) in [5.41, 5.74) is 0.256. The van der Waals surface area contributed by atoms with Gasteiger partial charge in [0.25, 0.3) is 0 Å². The van der Waals surface area contributed by atoms with Crippen LogP contribution in [0.1, 0.15) is 41.4 Å². The SMILES string of the molecule is CS(=O)(=O)c1nc(C(=O)O)cc(C2CCC2)n1. The molecule has 92 valence electrons. The smallest absolute Gasteiger partial charge is 0.354 e. The van der Waals surface area contributed by atoms with E-state index < -0.39 is 21.0 Å². The third kappa shape index (κ3) is 2.44. The summed E-state index contributed by atoms with van der Waals surface area (Å²) < 4.78 is 22.7. The summed E-state index contributed by atoms with van der Waals surface area (Å²) >= 11 is 0. The minimum Gasteiger partial charge on any atom is -0.477 e. The van der Waals surface area contributed by atoms with Crippen molar-refractivity contribution < 1.29 is 18.3 Å². The molecule has 1 N–H and O–H groups in total. The van der Waals surface area contributed by atoms with E-state index in [4.69, 9.17) is 5.11 Å². The van der Waals surface area contributed by atoms with Crippen molar-refractivity contribution in [1.82, 2.24) is 9.97 Å². The average Bonchev–Trinajstić information content (AvgIpc) is 2.13. The number of hydrogen-bond donors (Lipinski definition) is 1. The zero-order valence-corrected chi connectivity index (χ0v) is 10.1. The summed E-state index contributed by atoms with van der Waals surface area (Å²) in [6.07, 6.45) is 3.86. The fourth-order valence-electron chi connectivity index (χ4n) is 1.63. The first-order chi connectivity index (χ1) is 7.88. The number of nitrogens with zero attached hydrogens (tertiary/aromatic N) is 2. The molecule has 0 saturated heterocycles. The highest BCUT2D eigenvalue weighted by Gasteiger charge is 2.25. The molecule has 0 amide bonds. The third-order valence-corrected chi connectivity index (χ3v) is 3.65. The normalized spacial score (nSPS) is 16.5. The van der Waals surface area contributed by atoms with Crippen LogP contribution in [0.2, 0.25) is 0 Å². The largest absolute Gasteiger partial charge is 0.477 e. The van der Waals surface area contributed by atoms with Gasteiger partial charge in [0.2, 0.25) is 15.0 Å². The van der Waals surface area contributed by atoms with Crippen LogP contribution < -0.4 is 0 Å². The molecule has 0 aromatic carbocycles. The summed E-state index contributed by atoms with van der Waals surface area (Å²) in [7, 11) is -3.58. The van der Waals surface area contributed by atoms with Crippen LogP contribution in [-0.2, 0) is 9.84 Å². The predicted octanol–water partition coefficient (Wildman–Crippen LogP) is 0.846. The van der Waals surface area contributed by atoms with Crippen LogP contribution in [0.25, 0.3) is 0 Å². The first-order valence-corrected chi connectivity index (χ1v) is 7.09. The Morgan fingerprint density at radius 1 is 1.41 bits per heavy atom. The van der Waals surface area contributed by atoms with Gasteiger partial charge in [-0.05, 0) is 18.9 Å². The molecular formula is C10H12N2O4S. The van der Waals surface area contributed by atoms with Crippen LogP contribution in [0.15, 0.2) is 11.2 Å². The van der Waals surface area contributed by atoms with Gasteiger partial charge in [-0.1, -0.05) is 6.42 Å². The van der Waals surface area contributed by atoms with E-state index in [1.807, 2.05) is 0 Å². The number of carboxylic acid groups (broad SMARTS) is 1. The Morgan fingerprint density at radius 2 is 2.06 bits per heavy atom. The number of sulfone groups is 1. The van der Waals surface area contributed by atoms with E-state index in [0.29, 0.717) is 5.69 Å². The van der Waals surface area contributed by atoms with Crippen LogP contribution in [0.5, 0.6) is 0 Å². The van der Waals surface area contributed by atoms with Crippen LogP contribution in [0.3, 0.4) is 0 Å². The number of aromatic nitrogens is 2. The molecule has 6 nitrogen and oxygen atoms in total. The molecule has 1 aliphatic carbocycles. The fraction of sp³-hybridized carbons (Fsp3) is 0.500. The molecule has 7 heteroatoms. The van der Waals surface area contributed by atoms with E-state index in [-0.39, 0.29) is 11.6 Å². The lowest BCUT2D eigenvalue weighted by molar-refractivity contribution is 0.0689. The Bertz CT molecular complexity index is 564. The highest BCUT2D eigenvalue weighted by atomic mass is 32.2. The van der Waals surface area contributed by atoms with Crippen molar-refractivity contribution in [1.29, 1.82) is 0 Å². The highest BCUT2D eigenvalue weighted by Crippen LogP contribution is 2.35. The van der Waals surface area contributed by atoms with Gasteiger partial charge in [-0.2, -0.15) is 0 Å². The van der Waals surface area contributed by atoms with E-state index in [9.17, 15) is 13.2 Å². The van der Waals surface area contributed by atoms with E-state index in [2.05, 4.69) is 9.97 Å².